The van der Waals surface area contributed by atoms with Gasteiger partial charge in [0.25, 0.3) is 0 Å². The molecule has 0 bridgehead atoms. The van der Waals surface area contributed by atoms with Crippen LogP contribution in [0, 0.1) is 0 Å². The van der Waals surface area contributed by atoms with Crippen LogP contribution in [-0.4, -0.2) is 59.4 Å². The summed E-state index contributed by atoms with van der Waals surface area (Å²) < 4.78 is 25.3. The number of nitrogens with one attached hydrogen (secondary N) is 1. The van der Waals surface area contributed by atoms with E-state index in [1.54, 1.807) is 0 Å². The molecular formula is C14H24N4O2S. The molecule has 0 radical (unpaired) electrons. The zero-order valence-corrected chi connectivity index (χ0v) is 14.1. The average Bonchev–Trinajstić information content (AvgIpc) is 2.40. The molecular weight excluding hydrogens is 288 g/mol. The van der Waals surface area contributed by atoms with Gasteiger partial charge in [-0.2, -0.15) is 0 Å². The van der Waals surface area contributed by atoms with Gasteiger partial charge in [-0.25, -0.2) is 18.1 Å². The maximum absolute atomic E-state index is 11.5. The third-order valence-corrected chi connectivity index (χ3v) is 4.23. The Labute approximate surface area is 127 Å². The highest BCUT2D eigenvalue weighted by atomic mass is 32.2. The summed E-state index contributed by atoms with van der Waals surface area (Å²) in [6.07, 6.45) is 0. The quantitative estimate of drug-likeness (QED) is 0.642. The smallest absolute Gasteiger partial charge is 0.215 e. The number of aliphatic imine (C=N–C) groups is 1. The van der Waals surface area contributed by atoms with E-state index in [4.69, 9.17) is 0 Å². The minimum atomic E-state index is -3.22. The standard InChI is InChI=1S/C14H24N4O2S/c1-15-21(19,20)11-13-8-6-12(7-9-13)10-16-14(17(2)3)18(4)5/h6-9,15H,10-11H2,1-5H3. The monoisotopic (exact) mass is 312 g/mol. The predicted octanol–water partition coefficient (Wildman–Crippen LogP) is 0.715. The van der Waals surface area contributed by atoms with Crippen LogP contribution in [0.25, 0.3) is 0 Å². The number of nitrogens with zero attached hydrogens (tertiary/aromatic N) is 3. The maximum atomic E-state index is 11.5. The van der Waals surface area contributed by atoms with Crippen molar-refractivity contribution < 1.29 is 8.42 Å². The molecule has 1 rings (SSSR count). The molecule has 0 heterocycles. The molecule has 0 atom stereocenters. The number of benzene rings is 1. The summed E-state index contributed by atoms with van der Waals surface area (Å²) in [6.45, 7) is 0.560. The van der Waals surface area contributed by atoms with Gasteiger partial charge in [0.05, 0.1) is 12.3 Å². The minimum Gasteiger partial charge on any atom is -0.349 e. The van der Waals surface area contributed by atoms with E-state index in [0.29, 0.717) is 6.54 Å². The summed E-state index contributed by atoms with van der Waals surface area (Å²) in [6, 6.07) is 7.47. The molecule has 0 aliphatic rings. The Hall–Kier alpha value is -1.60. The second-order valence-corrected chi connectivity index (χ2v) is 7.11. The van der Waals surface area contributed by atoms with Crippen molar-refractivity contribution in [2.75, 3.05) is 35.2 Å². The van der Waals surface area contributed by atoms with Gasteiger partial charge in [-0.15, -0.1) is 0 Å². The molecule has 0 spiro atoms. The molecule has 0 saturated carbocycles. The van der Waals surface area contributed by atoms with E-state index in [1.807, 2.05) is 62.3 Å². The van der Waals surface area contributed by atoms with E-state index in [0.717, 1.165) is 17.1 Å². The van der Waals surface area contributed by atoms with Crippen molar-refractivity contribution in [1.82, 2.24) is 14.5 Å². The molecule has 0 aliphatic heterocycles. The highest BCUT2D eigenvalue weighted by Crippen LogP contribution is 2.09. The molecule has 1 N–H and O–H groups in total. The van der Waals surface area contributed by atoms with E-state index < -0.39 is 10.0 Å². The van der Waals surface area contributed by atoms with Crippen LogP contribution < -0.4 is 4.72 Å². The van der Waals surface area contributed by atoms with E-state index in [-0.39, 0.29) is 5.75 Å². The summed E-state index contributed by atoms with van der Waals surface area (Å²) in [4.78, 5) is 8.46. The van der Waals surface area contributed by atoms with Crippen LogP contribution in [0.4, 0.5) is 0 Å². The number of sulfonamides is 1. The first-order valence-electron chi connectivity index (χ1n) is 6.63. The fourth-order valence-electron chi connectivity index (χ4n) is 1.88. The first kappa shape index (κ1) is 17.5. The van der Waals surface area contributed by atoms with Gasteiger partial charge in [-0.05, 0) is 18.2 Å². The summed E-state index contributed by atoms with van der Waals surface area (Å²) >= 11 is 0. The Morgan fingerprint density at radius 2 is 1.52 bits per heavy atom. The van der Waals surface area contributed by atoms with Crippen LogP contribution >= 0.6 is 0 Å². The topological polar surface area (TPSA) is 65.0 Å². The first-order valence-corrected chi connectivity index (χ1v) is 8.28. The van der Waals surface area contributed by atoms with Crippen molar-refractivity contribution in [1.29, 1.82) is 0 Å². The molecule has 0 amide bonds. The SMILES string of the molecule is CNS(=O)(=O)Cc1ccc(CN=C(N(C)C)N(C)C)cc1. The molecule has 0 aromatic heterocycles. The molecule has 0 aliphatic carbocycles. The van der Waals surface area contributed by atoms with Gasteiger partial charge in [-0.1, -0.05) is 24.3 Å². The summed E-state index contributed by atoms with van der Waals surface area (Å²) in [5.74, 6) is 0.880. The second kappa shape index (κ2) is 7.42. The van der Waals surface area contributed by atoms with Crippen LogP contribution in [0.1, 0.15) is 11.1 Å². The van der Waals surface area contributed by atoms with Gasteiger partial charge in [0.2, 0.25) is 10.0 Å². The van der Waals surface area contributed by atoms with Crippen molar-refractivity contribution in [2.45, 2.75) is 12.3 Å². The molecule has 1 aromatic carbocycles. The van der Waals surface area contributed by atoms with Gasteiger partial charge in [-0.3, -0.25) is 0 Å². The molecule has 118 valence electrons. The van der Waals surface area contributed by atoms with Crippen molar-refractivity contribution in [3.05, 3.63) is 35.4 Å². The molecule has 1 aromatic rings. The van der Waals surface area contributed by atoms with Gasteiger partial charge in [0.15, 0.2) is 5.96 Å². The third kappa shape index (κ3) is 5.73. The van der Waals surface area contributed by atoms with E-state index >= 15 is 0 Å². The van der Waals surface area contributed by atoms with E-state index in [2.05, 4.69) is 9.71 Å². The third-order valence-electron chi connectivity index (χ3n) is 2.89. The molecule has 21 heavy (non-hydrogen) atoms. The summed E-state index contributed by atoms with van der Waals surface area (Å²) in [7, 11) is 5.99. The van der Waals surface area contributed by atoms with Crippen LogP contribution in [0.15, 0.2) is 29.3 Å². The highest BCUT2D eigenvalue weighted by molar-refractivity contribution is 7.88. The fourth-order valence-corrected chi connectivity index (χ4v) is 2.65. The van der Waals surface area contributed by atoms with Gasteiger partial charge >= 0.3 is 0 Å². The van der Waals surface area contributed by atoms with Gasteiger partial charge in [0.1, 0.15) is 0 Å². The lowest BCUT2D eigenvalue weighted by molar-refractivity contribution is 0.479. The second-order valence-electron chi connectivity index (χ2n) is 5.18. The van der Waals surface area contributed by atoms with Crippen molar-refractivity contribution in [2.24, 2.45) is 4.99 Å². The maximum Gasteiger partial charge on any atom is 0.215 e. The van der Waals surface area contributed by atoms with Crippen LogP contribution in [-0.2, 0) is 22.3 Å². The Kier molecular flexibility index (Phi) is 6.17. The molecule has 0 saturated heterocycles. The largest absolute Gasteiger partial charge is 0.349 e. The van der Waals surface area contributed by atoms with Crippen LogP contribution in [0.3, 0.4) is 0 Å². The Morgan fingerprint density at radius 3 is 1.95 bits per heavy atom. The predicted molar refractivity (Wildman–Crippen MR) is 86.6 cm³/mol. The van der Waals surface area contributed by atoms with E-state index in [1.165, 1.54) is 7.05 Å². The van der Waals surface area contributed by atoms with Gasteiger partial charge < -0.3 is 9.80 Å². The lowest BCUT2D eigenvalue weighted by Gasteiger charge is -2.22. The lowest BCUT2D eigenvalue weighted by atomic mass is 10.1. The van der Waals surface area contributed by atoms with Gasteiger partial charge in [0, 0.05) is 28.2 Å². The summed E-state index contributed by atoms with van der Waals surface area (Å²) in [5.41, 5.74) is 1.80. The Bertz CT molecular complexity index is 567. The number of rotatable bonds is 5. The lowest BCUT2D eigenvalue weighted by Crippen LogP contribution is -2.35. The Balaban J connectivity index is 2.77. The van der Waals surface area contributed by atoms with Crippen molar-refractivity contribution in [3.8, 4) is 0 Å². The molecule has 6 nitrogen and oxygen atoms in total. The molecule has 0 unspecified atom stereocenters. The zero-order valence-electron chi connectivity index (χ0n) is 13.3. The fraction of sp³-hybridized carbons (Fsp3) is 0.500. The minimum absolute atomic E-state index is 0.00626. The number of hydrogen-bond donors (Lipinski definition) is 1. The average molecular weight is 312 g/mol. The van der Waals surface area contributed by atoms with Crippen LogP contribution in [0.5, 0.6) is 0 Å². The Morgan fingerprint density at radius 1 is 1.05 bits per heavy atom. The molecule has 7 heteroatoms. The first-order chi connectivity index (χ1) is 9.75. The number of hydrogen-bond acceptors (Lipinski definition) is 3. The van der Waals surface area contributed by atoms with Crippen molar-refractivity contribution in [3.63, 3.8) is 0 Å². The van der Waals surface area contributed by atoms with E-state index in [9.17, 15) is 8.42 Å². The number of guanidine groups is 1. The molecule has 0 fully saturated rings. The van der Waals surface area contributed by atoms with Crippen LogP contribution in [0.2, 0.25) is 0 Å². The van der Waals surface area contributed by atoms with Crippen molar-refractivity contribution >= 4 is 16.0 Å². The summed E-state index contributed by atoms with van der Waals surface area (Å²) in [5, 5.41) is 0. The normalized spacial score (nSPS) is 11.1. The highest BCUT2D eigenvalue weighted by Gasteiger charge is 2.08. The zero-order chi connectivity index (χ0) is 16.0.